The Hall–Kier alpha value is -0.560. The van der Waals surface area contributed by atoms with Crippen molar-refractivity contribution in [1.29, 1.82) is 0 Å². The Kier molecular flexibility index (Phi) is 3.73. The molecule has 1 saturated heterocycles. The number of rotatable bonds is 2. The van der Waals surface area contributed by atoms with Crippen LogP contribution in [0.5, 0.6) is 0 Å². The summed E-state index contributed by atoms with van der Waals surface area (Å²) in [5.74, 6) is 2.65. The highest BCUT2D eigenvalue weighted by Crippen LogP contribution is 2.37. The molecule has 114 valence electrons. The second-order valence-corrected chi connectivity index (χ2v) is 8.32. The number of nitrogens with one attached hydrogen (secondary N) is 1. The van der Waals surface area contributed by atoms with Crippen LogP contribution in [-0.4, -0.2) is 36.5 Å². The van der Waals surface area contributed by atoms with E-state index < -0.39 is 0 Å². The predicted octanol–water partition coefficient (Wildman–Crippen LogP) is 1.77. The van der Waals surface area contributed by atoms with Gasteiger partial charge in [0.05, 0.1) is 17.0 Å². The van der Waals surface area contributed by atoms with Gasteiger partial charge in [0.15, 0.2) is 0 Å². The molecule has 1 amide bonds. The predicted molar refractivity (Wildman–Crippen MR) is 85.9 cm³/mol. The highest BCUT2D eigenvalue weighted by atomic mass is 32.2. The molecule has 1 aromatic heterocycles. The van der Waals surface area contributed by atoms with Crippen LogP contribution in [0.3, 0.4) is 0 Å². The first kappa shape index (κ1) is 14.1. The Labute approximate surface area is 132 Å². The molecule has 2 aliphatic heterocycles. The summed E-state index contributed by atoms with van der Waals surface area (Å²) in [6.07, 6.45) is 3.44. The number of amides is 1. The molecular weight excluding hydrogens is 304 g/mol. The molecule has 1 aliphatic carbocycles. The Balaban J connectivity index is 1.45. The number of hydrogen-bond acceptors (Lipinski definition) is 5. The fourth-order valence-corrected chi connectivity index (χ4v) is 5.88. The van der Waals surface area contributed by atoms with E-state index in [1.165, 1.54) is 16.2 Å². The Morgan fingerprint density at radius 2 is 2.38 bits per heavy atom. The molecular formula is C15H20N2O2S2. The highest BCUT2D eigenvalue weighted by molar-refractivity contribution is 7.98. The molecule has 4 unspecified atom stereocenters. The zero-order valence-corrected chi connectivity index (χ0v) is 13.5. The quantitative estimate of drug-likeness (QED) is 0.870. The highest BCUT2D eigenvalue weighted by Gasteiger charge is 2.51. The third kappa shape index (κ3) is 2.42. The van der Waals surface area contributed by atoms with Crippen LogP contribution in [-0.2, 0) is 16.9 Å². The first-order chi connectivity index (χ1) is 10.2. The zero-order chi connectivity index (χ0) is 14.4. The lowest BCUT2D eigenvalue weighted by molar-refractivity contribution is -0.117. The number of fused-ring (bicyclic) bond motifs is 2. The van der Waals surface area contributed by atoms with Gasteiger partial charge < -0.3 is 15.8 Å². The van der Waals surface area contributed by atoms with Gasteiger partial charge in [-0.15, -0.1) is 11.3 Å². The van der Waals surface area contributed by atoms with Gasteiger partial charge in [-0.25, -0.2) is 0 Å². The van der Waals surface area contributed by atoms with E-state index in [1.807, 2.05) is 11.8 Å². The summed E-state index contributed by atoms with van der Waals surface area (Å²) in [4.78, 5) is 14.7. The monoisotopic (exact) mass is 324 g/mol. The molecule has 3 heterocycles. The van der Waals surface area contributed by atoms with Gasteiger partial charge in [-0.1, -0.05) is 0 Å². The van der Waals surface area contributed by atoms with Crippen molar-refractivity contribution in [3.05, 3.63) is 21.4 Å². The molecule has 0 bridgehead atoms. The smallest absolute Gasteiger partial charge is 0.261 e. The van der Waals surface area contributed by atoms with Crippen LogP contribution in [0, 0.1) is 5.92 Å². The van der Waals surface area contributed by atoms with E-state index in [2.05, 4.69) is 11.4 Å². The second kappa shape index (κ2) is 5.57. The summed E-state index contributed by atoms with van der Waals surface area (Å²) in [5, 5.41) is 3.11. The molecule has 0 spiro atoms. The number of aryl methyl sites for hydroxylation is 1. The molecule has 4 rings (SSSR count). The van der Waals surface area contributed by atoms with Gasteiger partial charge in [-0.05, 0) is 36.6 Å². The fourth-order valence-electron chi connectivity index (χ4n) is 3.61. The van der Waals surface area contributed by atoms with Crippen molar-refractivity contribution in [3.8, 4) is 0 Å². The van der Waals surface area contributed by atoms with Gasteiger partial charge in [-0.3, -0.25) is 4.79 Å². The van der Waals surface area contributed by atoms with Crippen LogP contribution >= 0.6 is 23.1 Å². The van der Waals surface area contributed by atoms with Crippen LogP contribution in [0.1, 0.15) is 33.0 Å². The summed E-state index contributed by atoms with van der Waals surface area (Å²) < 4.78 is 5.78. The summed E-state index contributed by atoms with van der Waals surface area (Å²) in [6.45, 7) is 0.796. The zero-order valence-electron chi connectivity index (χ0n) is 11.8. The average molecular weight is 324 g/mol. The van der Waals surface area contributed by atoms with Crippen molar-refractivity contribution in [1.82, 2.24) is 5.32 Å². The van der Waals surface area contributed by atoms with E-state index >= 15 is 0 Å². The van der Waals surface area contributed by atoms with Crippen molar-refractivity contribution in [3.63, 3.8) is 0 Å². The van der Waals surface area contributed by atoms with Crippen LogP contribution in [0.2, 0.25) is 0 Å². The SMILES string of the molecule is NC1C2CCCOC2C1NC(=O)c1cc2c(s1)CCSC2. The maximum atomic E-state index is 12.5. The van der Waals surface area contributed by atoms with Crippen molar-refractivity contribution in [2.45, 2.75) is 43.2 Å². The van der Waals surface area contributed by atoms with Gasteiger partial charge in [-0.2, -0.15) is 11.8 Å². The number of nitrogens with two attached hydrogens (primary N) is 1. The van der Waals surface area contributed by atoms with E-state index in [-0.39, 0.29) is 24.1 Å². The molecule has 1 aromatic rings. The first-order valence-electron chi connectivity index (χ1n) is 7.61. The first-order valence-corrected chi connectivity index (χ1v) is 9.58. The molecule has 4 nitrogen and oxygen atoms in total. The minimum atomic E-state index is -0.0173. The van der Waals surface area contributed by atoms with Crippen LogP contribution in [0.25, 0.3) is 0 Å². The van der Waals surface area contributed by atoms with Gasteiger partial charge in [0.2, 0.25) is 0 Å². The molecule has 6 heteroatoms. The lowest BCUT2D eigenvalue weighted by atomic mass is 9.68. The molecule has 2 fully saturated rings. The van der Waals surface area contributed by atoms with Crippen LogP contribution in [0.15, 0.2) is 6.07 Å². The number of thiophene rings is 1. The number of hydrogen-bond donors (Lipinski definition) is 2. The molecule has 21 heavy (non-hydrogen) atoms. The number of ether oxygens (including phenoxy) is 1. The summed E-state index contributed by atoms with van der Waals surface area (Å²) in [5.41, 5.74) is 7.55. The maximum Gasteiger partial charge on any atom is 0.261 e. The summed E-state index contributed by atoms with van der Waals surface area (Å²) >= 11 is 3.59. The van der Waals surface area contributed by atoms with Crippen molar-refractivity contribution >= 4 is 29.0 Å². The van der Waals surface area contributed by atoms with Gasteiger partial charge in [0.25, 0.3) is 5.91 Å². The van der Waals surface area contributed by atoms with Crippen LogP contribution < -0.4 is 11.1 Å². The third-order valence-electron chi connectivity index (χ3n) is 4.83. The molecule has 4 atom stereocenters. The number of carbonyl (C=O) groups excluding carboxylic acids is 1. The van der Waals surface area contributed by atoms with E-state index in [1.54, 1.807) is 11.3 Å². The molecule has 0 aromatic carbocycles. The lowest BCUT2D eigenvalue weighted by Crippen LogP contribution is -2.72. The van der Waals surface area contributed by atoms with Gasteiger partial charge >= 0.3 is 0 Å². The largest absolute Gasteiger partial charge is 0.376 e. The number of carbonyl (C=O) groups is 1. The minimum absolute atomic E-state index is 0.0173. The summed E-state index contributed by atoms with van der Waals surface area (Å²) in [7, 11) is 0. The Morgan fingerprint density at radius 3 is 3.24 bits per heavy atom. The van der Waals surface area contributed by atoms with Gasteiger partial charge in [0.1, 0.15) is 0 Å². The maximum absolute atomic E-state index is 12.5. The Morgan fingerprint density at radius 1 is 1.48 bits per heavy atom. The normalized spacial score (nSPS) is 34.5. The lowest BCUT2D eigenvalue weighted by Gasteiger charge is -2.52. The third-order valence-corrected chi connectivity index (χ3v) is 7.07. The van der Waals surface area contributed by atoms with Crippen molar-refractivity contribution < 1.29 is 9.53 Å². The average Bonchev–Trinajstić information content (AvgIpc) is 2.96. The van der Waals surface area contributed by atoms with Crippen molar-refractivity contribution in [2.75, 3.05) is 12.4 Å². The topological polar surface area (TPSA) is 64.3 Å². The summed E-state index contributed by atoms with van der Waals surface area (Å²) in [6, 6.07) is 2.09. The van der Waals surface area contributed by atoms with E-state index in [0.29, 0.717) is 5.92 Å². The molecule has 3 N–H and O–H groups in total. The minimum Gasteiger partial charge on any atom is -0.376 e. The van der Waals surface area contributed by atoms with E-state index in [4.69, 9.17) is 10.5 Å². The van der Waals surface area contributed by atoms with E-state index in [9.17, 15) is 4.79 Å². The van der Waals surface area contributed by atoms with E-state index in [0.717, 1.165) is 36.5 Å². The molecule has 0 radical (unpaired) electrons. The van der Waals surface area contributed by atoms with Crippen LogP contribution in [0.4, 0.5) is 0 Å². The second-order valence-electron chi connectivity index (χ2n) is 6.08. The van der Waals surface area contributed by atoms with Crippen molar-refractivity contribution in [2.24, 2.45) is 11.7 Å². The number of thioether (sulfide) groups is 1. The molecule has 1 saturated carbocycles. The Bertz CT molecular complexity index is 536. The molecule has 3 aliphatic rings. The van der Waals surface area contributed by atoms with Gasteiger partial charge in [0, 0.05) is 29.2 Å². The fraction of sp³-hybridized carbons (Fsp3) is 0.667. The standard InChI is InChI=1S/C15H20N2O2S2/c16-12-9-2-1-4-19-14(9)13(12)17-15(18)11-6-8-7-20-5-3-10(8)21-11/h6,9,12-14H,1-5,7,16H2,(H,17,18).